The Labute approximate surface area is 171 Å². The van der Waals surface area contributed by atoms with Gasteiger partial charge in [0.1, 0.15) is 11.9 Å². The van der Waals surface area contributed by atoms with Crippen molar-refractivity contribution in [1.29, 1.82) is 0 Å². The predicted octanol–water partition coefficient (Wildman–Crippen LogP) is 2.80. The molecule has 1 amide bonds. The maximum absolute atomic E-state index is 13.0. The third-order valence-electron chi connectivity index (χ3n) is 4.79. The van der Waals surface area contributed by atoms with E-state index in [0.717, 1.165) is 55.7 Å². The van der Waals surface area contributed by atoms with E-state index in [9.17, 15) is 9.18 Å². The number of aromatic amines is 1. The average molecular weight is 411 g/mol. The third-order valence-corrected chi connectivity index (χ3v) is 4.79. The first kappa shape index (κ1) is 22.3. The molecule has 1 aromatic heterocycles. The number of amides is 1. The molecule has 28 heavy (non-hydrogen) atoms. The zero-order valence-corrected chi connectivity index (χ0v) is 16.9. The molecule has 1 aliphatic heterocycles. The van der Waals surface area contributed by atoms with Crippen LogP contribution in [0.15, 0.2) is 30.3 Å². The maximum atomic E-state index is 13.0. The number of aryl methyl sites for hydroxylation is 1. The van der Waals surface area contributed by atoms with E-state index in [0.29, 0.717) is 13.2 Å². The van der Waals surface area contributed by atoms with Crippen molar-refractivity contribution in [1.82, 2.24) is 20.4 Å². The highest BCUT2D eigenvalue weighted by Gasteiger charge is 2.24. The number of hydrogen-bond acceptors (Lipinski definition) is 4. The monoisotopic (exact) mass is 410 g/mol. The molecule has 2 heterocycles. The molecule has 1 unspecified atom stereocenters. The number of carbonyl (C=O) groups is 1. The number of morpholine rings is 1. The van der Waals surface area contributed by atoms with Gasteiger partial charge in [-0.3, -0.25) is 9.89 Å². The molecule has 0 aliphatic carbocycles. The van der Waals surface area contributed by atoms with E-state index >= 15 is 0 Å². The topological polar surface area (TPSA) is 70.2 Å². The number of rotatable bonds is 8. The van der Waals surface area contributed by atoms with Gasteiger partial charge in [-0.1, -0.05) is 6.42 Å². The van der Waals surface area contributed by atoms with Crippen LogP contribution < -0.4 is 5.32 Å². The van der Waals surface area contributed by atoms with Crippen LogP contribution in [0.1, 0.15) is 25.0 Å². The van der Waals surface area contributed by atoms with Gasteiger partial charge in [-0.05, 0) is 49.6 Å². The van der Waals surface area contributed by atoms with E-state index in [4.69, 9.17) is 4.74 Å². The second-order valence-corrected chi connectivity index (χ2v) is 6.92. The number of nitrogens with zero attached hydrogens (tertiary/aromatic N) is 2. The quantitative estimate of drug-likeness (QED) is 0.656. The zero-order chi connectivity index (χ0) is 19.1. The number of benzene rings is 1. The molecule has 1 fully saturated rings. The van der Waals surface area contributed by atoms with Crippen LogP contribution in [-0.2, 0) is 16.0 Å². The molecule has 3 rings (SSSR count). The van der Waals surface area contributed by atoms with Crippen LogP contribution >= 0.6 is 12.4 Å². The molecule has 0 radical (unpaired) electrons. The van der Waals surface area contributed by atoms with Crippen LogP contribution in [0.25, 0.3) is 11.3 Å². The Morgan fingerprint density at radius 1 is 1.29 bits per heavy atom. The van der Waals surface area contributed by atoms with E-state index in [1.54, 1.807) is 17.0 Å². The number of unbranched alkanes of at least 4 members (excludes halogenated alkanes) is 2. The van der Waals surface area contributed by atoms with Gasteiger partial charge in [-0.25, -0.2) is 4.39 Å². The lowest BCUT2D eigenvalue weighted by Crippen LogP contribution is -2.48. The highest BCUT2D eigenvalue weighted by molar-refractivity contribution is 5.85. The summed E-state index contributed by atoms with van der Waals surface area (Å²) in [6, 6.07) is 8.35. The summed E-state index contributed by atoms with van der Waals surface area (Å²) in [4.78, 5) is 14.0. The molecule has 0 bridgehead atoms. The van der Waals surface area contributed by atoms with Crippen molar-refractivity contribution in [3.05, 3.63) is 41.8 Å². The Kier molecular flexibility index (Phi) is 8.89. The summed E-state index contributed by atoms with van der Waals surface area (Å²) < 4.78 is 18.5. The second-order valence-electron chi connectivity index (χ2n) is 6.92. The molecule has 2 N–H and O–H groups in total. The number of halogens is 2. The Morgan fingerprint density at radius 2 is 2.07 bits per heavy atom. The lowest BCUT2D eigenvalue weighted by Gasteiger charge is -2.27. The summed E-state index contributed by atoms with van der Waals surface area (Å²) >= 11 is 0. The predicted molar refractivity (Wildman–Crippen MR) is 109 cm³/mol. The summed E-state index contributed by atoms with van der Waals surface area (Å²) in [5, 5.41) is 10.5. The van der Waals surface area contributed by atoms with Crippen LogP contribution in [0.4, 0.5) is 4.39 Å². The number of ether oxygens (including phenoxy) is 1. The number of likely N-dealkylation sites (N-methyl/N-ethyl adjacent to an activating group) is 1. The summed E-state index contributed by atoms with van der Waals surface area (Å²) in [5.41, 5.74) is 2.80. The van der Waals surface area contributed by atoms with Gasteiger partial charge in [0.25, 0.3) is 5.91 Å². The van der Waals surface area contributed by atoms with Gasteiger partial charge in [0.2, 0.25) is 0 Å². The molecule has 1 aromatic carbocycles. The summed E-state index contributed by atoms with van der Waals surface area (Å²) in [6.07, 6.45) is 3.57. The van der Waals surface area contributed by atoms with Gasteiger partial charge in [0.15, 0.2) is 0 Å². The minimum atomic E-state index is -0.348. The normalized spacial score (nSPS) is 16.4. The average Bonchev–Trinajstić information content (AvgIpc) is 3.17. The SMILES string of the molecule is CN(CCCCCc1cc(-c2ccc(F)cc2)n[nH]1)C(=O)C1CNCCO1.Cl. The van der Waals surface area contributed by atoms with E-state index < -0.39 is 0 Å². The number of nitrogens with one attached hydrogen (secondary N) is 2. The van der Waals surface area contributed by atoms with Crippen molar-refractivity contribution in [2.75, 3.05) is 33.3 Å². The molecule has 0 saturated carbocycles. The van der Waals surface area contributed by atoms with Crippen molar-refractivity contribution in [3.8, 4) is 11.3 Å². The van der Waals surface area contributed by atoms with Crippen LogP contribution in [0.5, 0.6) is 0 Å². The van der Waals surface area contributed by atoms with E-state index in [2.05, 4.69) is 15.5 Å². The van der Waals surface area contributed by atoms with Gasteiger partial charge < -0.3 is 15.0 Å². The Morgan fingerprint density at radius 3 is 2.79 bits per heavy atom. The molecular weight excluding hydrogens is 383 g/mol. The lowest BCUT2D eigenvalue weighted by molar-refractivity contribution is -0.143. The van der Waals surface area contributed by atoms with Crippen molar-refractivity contribution >= 4 is 18.3 Å². The summed E-state index contributed by atoms with van der Waals surface area (Å²) in [6.45, 7) is 2.74. The van der Waals surface area contributed by atoms with Crippen molar-refractivity contribution in [2.24, 2.45) is 0 Å². The van der Waals surface area contributed by atoms with Crippen LogP contribution in [-0.4, -0.2) is 60.4 Å². The number of aromatic nitrogens is 2. The highest BCUT2D eigenvalue weighted by atomic mass is 35.5. The van der Waals surface area contributed by atoms with Crippen molar-refractivity contribution < 1.29 is 13.9 Å². The second kappa shape index (κ2) is 11.1. The smallest absolute Gasteiger partial charge is 0.252 e. The fourth-order valence-electron chi connectivity index (χ4n) is 3.18. The minimum Gasteiger partial charge on any atom is -0.366 e. The molecule has 1 aliphatic rings. The molecule has 0 spiro atoms. The van der Waals surface area contributed by atoms with Crippen LogP contribution in [0, 0.1) is 5.82 Å². The van der Waals surface area contributed by atoms with Crippen LogP contribution in [0.3, 0.4) is 0 Å². The highest BCUT2D eigenvalue weighted by Crippen LogP contribution is 2.19. The number of H-pyrrole nitrogens is 1. The first-order valence-corrected chi connectivity index (χ1v) is 9.51. The third kappa shape index (κ3) is 6.29. The van der Waals surface area contributed by atoms with E-state index in [-0.39, 0.29) is 30.2 Å². The minimum absolute atomic E-state index is 0. The fourth-order valence-corrected chi connectivity index (χ4v) is 3.18. The Bertz CT molecular complexity index is 732. The Balaban J connectivity index is 0.00000280. The Hall–Kier alpha value is -1.96. The zero-order valence-electron chi connectivity index (χ0n) is 16.1. The molecule has 1 saturated heterocycles. The van der Waals surface area contributed by atoms with Gasteiger partial charge >= 0.3 is 0 Å². The van der Waals surface area contributed by atoms with Gasteiger partial charge in [-0.2, -0.15) is 5.10 Å². The first-order chi connectivity index (χ1) is 13.1. The molecule has 6 nitrogen and oxygen atoms in total. The van der Waals surface area contributed by atoms with Crippen LogP contribution in [0.2, 0.25) is 0 Å². The molecular formula is C20H28ClFN4O2. The standard InChI is InChI=1S/C20H27FN4O2.ClH/c1-25(20(26)19-14-22-10-12-27-19)11-4-2-3-5-17-13-18(24-23-17)15-6-8-16(21)9-7-15;/h6-9,13,19,22H,2-5,10-12,14H2,1H3,(H,23,24);1H. The molecule has 2 aromatic rings. The van der Waals surface area contributed by atoms with Gasteiger partial charge in [0, 0.05) is 37.9 Å². The van der Waals surface area contributed by atoms with Gasteiger partial charge in [0.05, 0.1) is 12.3 Å². The lowest BCUT2D eigenvalue weighted by atomic mass is 10.1. The summed E-state index contributed by atoms with van der Waals surface area (Å²) in [7, 11) is 1.84. The molecule has 1 atom stereocenters. The molecule has 154 valence electrons. The number of hydrogen-bond donors (Lipinski definition) is 2. The van der Waals surface area contributed by atoms with Crippen molar-refractivity contribution in [3.63, 3.8) is 0 Å². The van der Waals surface area contributed by atoms with Gasteiger partial charge in [-0.15, -0.1) is 12.4 Å². The largest absolute Gasteiger partial charge is 0.366 e. The van der Waals surface area contributed by atoms with E-state index in [1.807, 2.05) is 13.1 Å². The fraction of sp³-hybridized carbons (Fsp3) is 0.500. The maximum Gasteiger partial charge on any atom is 0.252 e. The van der Waals surface area contributed by atoms with Crippen molar-refractivity contribution in [2.45, 2.75) is 31.8 Å². The molecule has 8 heteroatoms. The first-order valence-electron chi connectivity index (χ1n) is 9.51. The van der Waals surface area contributed by atoms with E-state index in [1.165, 1.54) is 12.1 Å². The number of carbonyl (C=O) groups excluding carboxylic acids is 1. The summed E-state index contributed by atoms with van der Waals surface area (Å²) in [5.74, 6) is -0.191.